The summed E-state index contributed by atoms with van der Waals surface area (Å²) in [5, 5.41) is 14.2. The van der Waals surface area contributed by atoms with Crippen molar-refractivity contribution in [3.63, 3.8) is 0 Å². The molecule has 0 spiro atoms. The first-order valence-electron chi connectivity index (χ1n) is 8.97. The highest BCUT2D eigenvalue weighted by molar-refractivity contribution is 8.93. The van der Waals surface area contributed by atoms with Gasteiger partial charge in [-0.2, -0.15) is 0 Å². The average Bonchev–Trinajstić information content (AvgIpc) is 3.24. The number of carbonyl (C=O) groups is 1. The van der Waals surface area contributed by atoms with Crippen LogP contribution in [0.3, 0.4) is 0 Å². The molecular weight excluding hydrogens is 424 g/mol. The van der Waals surface area contributed by atoms with Gasteiger partial charge in [0.25, 0.3) is 0 Å². The Labute approximate surface area is 173 Å². The minimum absolute atomic E-state index is 0. The van der Waals surface area contributed by atoms with Crippen molar-refractivity contribution in [2.24, 2.45) is 0 Å². The largest absolute Gasteiger partial charge is 0.482 e. The maximum atomic E-state index is 12.1. The van der Waals surface area contributed by atoms with Crippen molar-refractivity contribution < 1.29 is 14.6 Å². The number of halogens is 1. The second-order valence-corrected chi connectivity index (χ2v) is 6.77. The number of H-pyrrole nitrogens is 1. The lowest BCUT2D eigenvalue weighted by Gasteiger charge is -2.27. The number of anilines is 1. The van der Waals surface area contributed by atoms with E-state index in [0.29, 0.717) is 30.1 Å². The van der Waals surface area contributed by atoms with Crippen LogP contribution in [0.4, 0.5) is 10.5 Å². The number of hydrogen-bond donors (Lipinski definition) is 3. The van der Waals surface area contributed by atoms with E-state index in [-0.39, 0.29) is 23.0 Å². The number of ether oxygens (including phenoxy) is 1. The molecule has 1 aromatic carbocycles. The molecule has 0 bridgehead atoms. The van der Waals surface area contributed by atoms with E-state index in [2.05, 4.69) is 15.3 Å². The van der Waals surface area contributed by atoms with E-state index in [1.165, 1.54) is 0 Å². The van der Waals surface area contributed by atoms with Gasteiger partial charge in [-0.1, -0.05) is 6.07 Å². The predicted molar refractivity (Wildman–Crippen MR) is 113 cm³/mol. The highest BCUT2D eigenvalue weighted by Gasteiger charge is 2.29. The summed E-state index contributed by atoms with van der Waals surface area (Å²) in [4.78, 5) is 21.3. The van der Waals surface area contributed by atoms with Crippen LogP contribution < -0.4 is 15.0 Å². The number of aromatic amines is 1. The van der Waals surface area contributed by atoms with Crippen molar-refractivity contribution in [1.29, 1.82) is 0 Å². The number of aromatic nitrogens is 2. The van der Waals surface area contributed by atoms with Gasteiger partial charge in [-0.05, 0) is 38.1 Å². The summed E-state index contributed by atoms with van der Waals surface area (Å²) in [5.74, 6) is 0.670. The molecule has 2 unspecified atom stereocenters. The molecular formula is C20H23BrN4O3. The third-order valence-corrected chi connectivity index (χ3v) is 4.73. The Morgan fingerprint density at radius 3 is 2.86 bits per heavy atom. The quantitative estimate of drug-likeness (QED) is 0.559. The summed E-state index contributed by atoms with van der Waals surface area (Å²) in [7, 11) is 0. The van der Waals surface area contributed by atoms with E-state index >= 15 is 0 Å². The maximum Gasteiger partial charge on any atom is 0.322 e. The predicted octanol–water partition coefficient (Wildman–Crippen LogP) is 3.48. The summed E-state index contributed by atoms with van der Waals surface area (Å²) in [6.07, 6.45) is 1.83. The van der Waals surface area contributed by atoms with Crippen LogP contribution in [0.1, 0.15) is 24.3 Å². The lowest BCUT2D eigenvalue weighted by molar-refractivity contribution is 0.0491. The van der Waals surface area contributed by atoms with Crippen LogP contribution in [0.2, 0.25) is 0 Å². The van der Waals surface area contributed by atoms with Crippen LogP contribution in [0, 0.1) is 6.92 Å². The molecule has 0 radical (unpaired) electrons. The van der Waals surface area contributed by atoms with Gasteiger partial charge < -0.3 is 20.1 Å². The topological polar surface area (TPSA) is 90.5 Å². The number of aliphatic hydroxyl groups is 1. The van der Waals surface area contributed by atoms with E-state index < -0.39 is 12.2 Å². The Morgan fingerprint density at radius 2 is 2.14 bits per heavy atom. The molecule has 3 heterocycles. The molecule has 1 aliphatic rings. The summed E-state index contributed by atoms with van der Waals surface area (Å²) in [6.45, 7) is 4.81. The zero-order chi connectivity index (χ0) is 19.0. The van der Waals surface area contributed by atoms with Crippen molar-refractivity contribution in [3.05, 3.63) is 54.0 Å². The van der Waals surface area contributed by atoms with Gasteiger partial charge in [0.05, 0.1) is 11.8 Å². The number of urea groups is 1. The molecule has 3 aromatic rings. The molecule has 4 rings (SSSR count). The molecule has 1 fully saturated rings. The van der Waals surface area contributed by atoms with Gasteiger partial charge in [0.15, 0.2) is 6.10 Å². The summed E-state index contributed by atoms with van der Waals surface area (Å²) < 4.78 is 6.26. The number of benzene rings is 1. The molecule has 0 aliphatic carbocycles. The minimum Gasteiger partial charge on any atom is -0.482 e. The Kier molecular flexibility index (Phi) is 5.90. The van der Waals surface area contributed by atoms with Gasteiger partial charge in [-0.15, -0.1) is 17.0 Å². The number of carbonyl (C=O) groups excluding carboxylic acids is 1. The smallest absolute Gasteiger partial charge is 0.322 e. The average molecular weight is 447 g/mol. The summed E-state index contributed by atoms with van der Waals surface area (Å²) in [6, 6.07) is 9.41. The van der Waals surface area contributed by atoms with Crippen molar-refractivity contribution in [2.75, 3.05) is 18.0 Å². The first kappa shape index (κ1) is 20.2. The fraction of sp³-hybridized carbons (Fsp3) is 0.300. The first-order valence-corrected chi connectivity index (χ1v) is 8.97. The SMILES string of the molecule is Br.Cc1cc2c(OC(c3cnccc3N3CCNC3=O)C(C)O)cccc2[nH]1. The summed E-state index contributed by atoms with van der Waals surface area (Å²) in [5.41, 5.74) is 3.38. The van der Waals surface area contributed by atoms with Crippen LogP contribution in [-0.4, -0.2) is 40.3 Å². The van der Waals surface area contributed by atoms with Gasteiger partial charge in [0, 0.05) is 47.6 Å². The Bertz CT molecular complexity index is 988. The van der Waals surface area contributed by atoms with E-state index in [9.17, 15) is 9.90 Å². The van der Waals surface area contributed by atoms with Crippen LogP contribution in [0.15, 0.2) is 42.7 Å². The molecule has 7 nitrogen and oxygen atoms in total. The van der Waals surface area contributed by atoms with Crippen molar-refractivity contribution in [1.82, 2.24) is 15.3 Å². The van der Waals surface area contributed by atoms with Crippen molar-refractivity contribution >= 4 is 39.6 Å². The fourth-order valence-corrected chi connectivity index (χ4v) is 3.49. The van der Waals surface area contributed by atoms with E-state index in [1.54, 1.807) is 30.3 Å². The number of aryl methyl sites for hydroxylation is 1. The molecule has 1 aliphatic heterocycles. The number of rotatable bonds is 5. The van der Waals surface area contributed by atoms with Crippen LogP contribution in [0.25, 0.3) is 10.9 Å². The highest BCUT2D eigenvalue weighted by atomic mass is 79.9. The van der Waals surface area contributed by atoms with Gasteiger partial charge in [0.2, 0.25) is 0 Å². The van der Waals surface area contributed by atoms with Gasteiger partial charge in [0.1, 0.15) is 5.75 Å². The molecule has 2 amide bonds. The number of nitrogens with one attached hydrogen (secondary N) is 2. The molecule has 148 valence electrons. The normalized spacial score (nSPS) is 15.8. The second kappa shape index (κ2) is 8.20. The standard InChI is InChI=1S/C20H22N4O3.BrH/c1-12-10-14-16(23-12)4-3-5-18(14)27-19(13(2)25)15-11-21-7-6-17(15)24-9-8-22-20(24)26;/h3-7,10-11,13,19,23,25H,8-9H2,1-2H3,(H,22,26);1H. The number of pyridine rings is 1. The van der Waals surface area contributed by atoms with E-state index in [0.717, 1.165) is 16.6 Å². The third kappa shape index (κ3) is 3.70. The number of nitrogens with zero attached hydrogens (tertiary/aromatic N) is 2. The summed E-state index contributed by atoms with van der Waals surface area (Å²) >= 11 is 0. The molecule has 2 aromatic heterocycles. The minimum atomic E-state index is -0.797. The zero-order valence-corrected chi connectivity index (χ0v) is 17.4. The molecule has 2 atom stereocenters. The van der Waals surface area contributed by atoms with Crippen LogP contribution in [0.5, 0.6) is 5.75 Å². The second-order valence-electron chi connectivity index (χ2n) is 6.77. The first-order chi connectivity index (χ1) is 13.0. The Hall–Kier alpha value is -2.58. The maximum absolute atomic E-state index is 12.1. The Morgan fingerprint density at radius 1 is 1.32 bits per heavy atom. The number of hydrogen-bond acceptors (Lipinski definition) is 4. The molecule has 8 heteroatoms. The molecule has 1 saturated heterocycles. The number of fused-ring (bicyclic) bond motifs is 1. The zero-order valence-electron chi connectivity index (χ0n) is 15.7. The lowest BCUT2D eigenvalue weighted by Crippen LogP contribution is -2.31. The van der Waals surface area contributed by atoms with E-state index in [1.807, 2.05) is 31.2 Å². The third-order valence-electron chi connectivity index (χ3n) is 4.73. The number of aliphatic hydroxyl groups excluding tert-OH is 1. The molecule has 3 N–H and O–H groups in total. The van der Waals surface area contributed by atoms with E-state index in [4.69, 9.17) is 4.74 Å². The lowest BCUT2D eigenvalue weighted by atomic mass is 10.0. The highest BCUT2D eigenvalue weighted by Crippen LogP contribution is 2.35. The van der Waals surface area contributed by atoms with Gasteiger partial charge >= 0.3 is 6.03 Å². The van der Waals surface area contributed by atoms with Crippen molar-refractivity contribution in [2.45, 2.75) is 26.1 Å². The van der Waals surface area contributed by atoms with Crippen LogP contribution in [-0.2, 0) is 0 Å². The van der Waals surface area contributed by atoms with Crippen LogP contribution >= 0.6 is 17.0 Å². The monoisotopic (exact) mass is 446 g/mol. The van der Waals surface area contributed by atoms with Gasteiger partial charge in [-0.3, -0.25) is 9.88 Å². The van der Waals surface area contributed by atoms with Crippen molar-refractivity contribution in [3.8, 4) is 5.75 Å². The van der Waals surface area contributed by atoms with Gasteiger partial charge in [-0.25, -0.2) is 4.79 Å². The Balaban J connectivity index is 0.00000225. The molecule has 28 heavy (non-hydrogen) atoms. The fourth-order valence-electron chi connectivity index (χ4n) is 3.49. The molecule has 0 saturated carbocycles. The number of amides is 2.